The lowest BCUT2D eigenvalue weighted by Crippen LogP contribution is -2.16. The molecule has 0 unspecified atom stereocenters. The van der Waals surface area contributed by atoms with Crippen molar-refractivity contribution < 1.29 is 17.6 Å². The van der Waals surface area contributed by atoms with Crippen molar-refractivity contribution in [2.75, 3.05) is 15.8 Å². The maximum atomic E-state index is 13.2. The van der Waals surface area contributed by atoms with Gasteiger partial charge in [-0.15, -0.1) is 0 Å². The van der Waals surface area contributed by atoms with Crippen LogP contribution in [0, 0.1) is 6.92 Å². The van der Waals surface area contributed by atoms with Crippen LogP contribution in [0.5, 0.6) is 0 Å². The molecule has 0 fully saturated rings. The molecule has 4 aromatic rings. The van der Waals surface area contributed by atoms with Crippen LogP contribution in [-0.2, 0) is 17.1 Å². The summed E-state index contributed by atoms with van der Waals surface area (Å²) in [6.07, 6.45) is 2.07. The summed E-state index contributed by atoms with van der Waals surface area (Å²) in [5, 5.41) is 7.92. The molecule has 3 aromatic heterocycles. The van der Waals surface area contributed by atoms with Gasteiger partial charge in [-0.2, -0.15) is 5.10 Å². The zero-order valence-electron chi connectivity index (χ0n) is 17.9. The molecule has 0 bridgehead atoms. The molecule has 166 valence electrons. The van der Waals surface area contributed by atoms with E-state index in [0.29, 0.717) is 51.5 Å². The van der Waals surface area contributed by atoms with E-state index in [0.717, 1.165) is 0 Å². The molecule has 0 radical (unpaired) electrons. The van der Waals surface area contributed by atoms with E-state index < -0.39 is 10.0 Å². The number of hydrogen-bond acceptors (Lipinski definition) is 6. The highest BCUT2D eigenvalue weighted by molar-refractivity contribution is 7.92. The molecule has 2 N–H and O–H groups in total. The Morgan fingerprint density at radius 2 is 1.88 bits per heavy atom. The smallest absolute Gasteiger partial charge is 0.256 e. The van der Waals surface area contributed by atoms with Crippen LogP contribution < -0.4 is 10.0 Å². The quantitative estimate of drug-likeness (QED) is 0.437. The van der Waals surface area contributed by atoms with E-state index in [1.165, 1.54) is 0 Å². The van der Waals surface area contributed by atoms with Gasteiger partial charge in [-0.25, -0.2) is 13.4 Å². The predicted octanol–water partition coefficient (Wildman–Crippen LogP) is 3.94. The van der Waals surface area contributed by atoms with E-state index in [4.69, 9.17) is 4.42 Å². The fourth-order valence-corrected chi connectivity index (χ4v) is 4.63. The van der Waals surface area contributed by atoms with Crippen molar-refractivity contribution in [3.63, 3.8) is 0 Å². The summed E-state index contributed by atoms with van der Waals surface area (Å²) in [7, 11) is -1.61. The summed E-state index contributed by atoms with van der Waals surface area (Å²) in [6.45, 7) is 3.62. The molecule has 0 spiro atoms. The number of anilines is 2. The highest BCUT2D eigenvalue weighted by Gasteiger charge is 2.20. The van der Waals surface area contributed by atoms with E-state index in [9.17, 15) is 13.2 Å². The van der Waals surface area contributed by atoms with Crippen LogP contribution in [0.4, 0.5) is 11.4 Å². The minimum absolute atomic E-state index is 0.0476. The number of pyridine rings is 1. The number of nitrogens with zero attached hydrogens (tertiary/aromatic N) is 3. The van der Waals surface area contributed by atoms with Crippen molar-refractivity contribution in [2.45, 2.75) is 20.3 Å². The third-order valence-corrected chi connectivity index (χ3v) is 6.37. The third-order valence-electron chi connectivity index (χ3n) is 4.88. The molecule has 0 aliphatic heterocycles. The molecule has 0 saturated carbocycles. The summed E-state index contributed by atoms with van der Waals surface area (Å²) in [5.41, 5.74) is 3.16. The molecule has 1 amide bonds. The van der Waals surface area contributed by atoms with E-state index in [1.807, 2.05) is 6.92 Å². The minimum atomic E-state index is -3.38. The Morgan fingerprint density at radius 1 is 1.16 bits per heavy atom. The highest BCUT2D eigenvalue weighted by atomic mass is 32.2. The number of sulfonamides is 1. The predicted molar refractivity (Wildman–Crippen MR) is 123 cm³/mol. The highest BCUT2D eigenvalue weighted by Crippen LogP contribution is 2.28. The molecule has 3 heterocycles. The summed E-state index contributed by atoms with van der Waals surface area (Å²) in [5.74, 6) is 0.260. The average molecular weight is 454 g/mol. The molecule has 0 aliphatic rings. The van der Waals surface area contributed by atoms with Crippen LogP contribution in [0.15, 0.2) is 53.1 Å². The Labute approximate surface area is 185 Å². The van der Waals surface area contributed by atoms with E-state index in [2.05, 4.69) is 20.1 Å². The maximum Gasteiger partial charge on any atom is 0.256 e. The largest absolute Gasteiger partial charge is 0.463 e. The summed E-state index contributed by atoms with van der Waals surface area (Å²) < 4.78 is 33.5. The Balaban J connectivity index is 1.64. The summed E-state index contributed by atoms with van der Waals surface area (Å²) >= 11 is 0. The molecule has 0 atom stereocenters. The number of nitrogens with one attached hydrogen (secondary N) is 2. The van der Waals surface area contributed by atoms with Gasteiger partial charge in [0, 0.05) is 18.4 Å². The van der Waals surface area contributed by atoms with Crippen molar-refractivity contribution in [2.24, 2.45) is 7.05 Å². The van der Waals surface area contributed by atoms with Gasteiger partial charge >= 0.3 is 0 Å². The van der Waals surface area contributed by atoms with Gasteiger partial charge in [-0.3, -0.25) is 14.2 Å². The van der Waals surface area contributed by atoms with E-state index in [1.54, 1.807) is 67.4 Å². The van der Waals surface area contributed by atoms with Crippen LogP contribution in [0.3, 0.4) is 0 Å². The van der Waals surface area contributed by atoms with Crippen LogP contribution >= 0.6 is 0 Å². The number of amides is 1. The Kier molecular flexibility index (Phi) is 5.70. The SMILES string of the molecule is CCCS(=O)(=O)Nc1ccc(NC(=O)c2cc(-c3ccco3)nc3c2c(C)nn3C)cc1. The summed E-state index contributed by atoms with van der Waals surface area (Å²) in [6, 6.07) is 11.7. The minimum Gasteiger partial charge on any atom is -0.463 e. The lowest BCUT2D eigenvalue weighted by molar-refractivity contribution is 0.102. The molecule has 9 nitrogen and oxygen atoms in total. The zero-order valence-corrected chi connectivity index (χ0v) is 18.7. The summed E-state index contributed by atoms with van der Waals surface area (Å²) in [4.78, 5) is 17.8. The van der Waals surface area contributed by atoms with Crippen LogP contribution in [-0.4, -0.2) is 34.8 Å². The average Bonchev–Trinajstić information content (AvgIpc) is 3.37. The van der Waals surface area contributed by atoms with E-state index in [-0.39, 0.29) is 11.7 Å². The first kappa shape index (κ1) is 21.6. The van der Waals surface area contributed by atoms with Gasteiger partial charge in [0.2, 0.25) is 10.0 Å². The lowest BCUT2D eigenvalue weighted by Gasteiger charge is -2.10. The number of rotatable bonds is 7. The van der Waals surface area contributed by atoms with Gasteiger partial charge in [0.1, 0.15) is 5.69 Å². The fraction of sp³-hybridized carbons (Fsp3) is 0.227. The second-order valence-corrected chi connectivity index (χ2v) is 9.23. The van der Waals surface area contributed by atoms with Crippen molar-refractivity contribution in [3.8, 4) is 11.5 Å². The van der Waals surface area contributed by atoms with Gasteiger partial charge in [0.05, 0.1) is 28.7 Å². The van der Waals surface area contributed by atoms with Crippen molar-refractivity contribution in [1.29, 1.82) is 0 Å². The topological polar surface area (TPSA) is 119 Å². The number of carbonyl (C=O) groups is 1. The van der Waals surface area contributed by atoms with Gasteiger partial charge in [-0.1, -0.05) is 6.92 Å². The number of aromatic nitrogens is 3. The monoisotopic (exact) mass is 453 g/mol. The van der Waals surface area contributed by atoms with Gasteiger partial charge in [0.15, 0.2) is 11.4 Å². The number of hydrogen-bond donors (Lipinski definition) is 2. The van der Waals surface area contributed by atoms with Crippen molar-refractivity contribution in [1.82, 2.24) is 14.8 Å². The van der Waals surface area contributed by atoms with Crippen LogP contribution in [0.1, 0.15) is 29.4 Å². The number of carbonyl (C=O) groups excluding carboxylic acids is 1. The first-order valence-corrected chi connectivity index (χ1v) is 11.7. The van der Waals surface area contributed by atoms with Gasteiger partial charge < -0.3 is 9.73 Å². The molecule has 4 rings (SSSR count). The van der Waals surface area contributed by atoms with Crippen molar-refractivity contribution in [3.05, 3.63) is 60.0 Å². The maximum absolute atomic E-state index is 13.2. The first-order chi connectivity index (χ1) is 15.3. The molecule has 32 heavy (non-hydrogen) atoms. The number of benzene rings is 1. The van der Waals surface area contributed by atoms with Crippen LogP contribution in [0.2, 0.25) is 0 Å². The second-order valence-electron chi connectivity index (χ2n) is 7.39. The Morgan fingerprint density at radius 3 is 2.53 bits per heavy atom. The first-order valence-electron chi connectivity index (χ1n) is 10.1. The van der Waals surface area contributed by atoms with Gasteiger partial charge in [0.25, 0.3) is 5.91 Å². The van der Waals surface area contributed by atoms with Crippen molar-refractivity contribution >= 4 is 38.3 Å². The zero-order chi connectivity index (χ0) is 22.9. The number of fused-ring (bicyclic) bond motifs is 1. The normalized spacial score (nSPS) is 11.6. The number of furan rings is 1. The molecule has 0 saturated heterocycles. The fourth-order valence-electron chi connectivity index (χ4n) is 3.49. The third kappa shape index (κ3) is 4.35. The molecule has 0 aliphatic carbocycles. The van der Waals surface area contributed by atoms with E-state index >= 15 is 0 Å². The Hall–Kier alpha value is -3.66. The molecule has 10 heteroatoms. The number of aryl methyl sites for hydroxylation is 2. The molecule has 1 aromatic carbocycles. The standard InChI is InChI=1S/C22H23N5O4S/c1-4-12-32(29,30)26-16-9-7-15(8-10-16)23-22(28)17-13-18(19-6-5-11-31-19)24-21-20(17)14(2)25-27(21)3/h5-11,13,26H,4,12H2,1-3H3,(H,23,28). The molecular weight excluding hydrogens is 430 g/mol. The molecular formula is C22H23N5O4S. The Bertz CT molecular complexity index is 1370. The lowest BCUT2D eigenvalue weighted by atomic mass is 10.1. The second kappa shape index (κ2) is 8.46. The van der Waals surface area contributed by atoms with Crippen LogP contribution in [0.25, 0.3) is 22.5 Å². The van der Waals surface area contributed by atoms with Gasteiger partial charge in [-0.05, 0) is 55.8 Å².